The Labute approximate surface area is 169 Å². The van der Waals surface area contributed by atoms with Crippen molar-refractivity contribution < 1.29 is 4.79 Å². The van der Waals surface area contributed by atoms with Crippen molar-refractivity contribution in [2.24, 2.45) is 0 Å². The highest BCUT2D eigenvalue weighted by Gasteiger charge is 2.15. The normalized spacial score (nSPS) is 10.8. The van der Waals surface area contributed by atoms with Crippen molar-refractivity contribution in [1.29, 1.82) is 0 Å². The Kier molecular flexibility index (Phi) is 5.09. The SMILES string of the molecule is CCc1ccccc1NC(=O)c1cc(-c2ccc(Cl)cc2)nc2ccccc12. The standard InChI is InChI=1S/C24H19ClN2O/c1-2-16-7-3-5-9-21(16)27-24(28)20-15-23(17-11-13-18(25)14-12-17)26-22-10-6-4-8-19(20)22/h3-15H,2H2,1H3,(H,27,28). The molecular formula is C24H19ClN2O. The van der Waals surface area contributed by atoms with Gasteiger partial charge in [-0.3, -0.25) is 4.79 Å². The first kappa shape index (κ1) is 18.2. The fourth-order valence-corrected chi connectivity index (χ4v) is 3.40. The Morgan fingerprint density at radius 3 is 2.46 bits per heavy atom. The van der Waals surface area contributed by atoms with E-state index < -0.39 is 0 Å². The summed E-state index contributed by atoms with van der Waals surface area (Å²) in [5.41, 5.74) is 4.98. The van der Waals surface area contributed by atoms with E-state index in [-0.39, 0.29) is 5.91 Å². The number of carbonyl (C=O) groups is 1. The topological polar surface area (TPSA) is 42.0 Å². The van der Waals surface area contributed by atoms with Crippen molar-refractivity contribution in [2.45, 2.75) is 13.3 Å². The van der Waals surface area contributed by atoms with Gasteiger partial charge in [0.1, 0.15) is 0 Å². The van der Waals surface area contributed by atoms with E-state index in [9.17, 15) is 4.79 Å². The quantitative estimate of drug-likeness (QED) is 0.442. The van der Waals surface area contributed by atoms with E-state index in [1.54, 1.807) is 0 Å². The zero-order chi connectivity index (χ0) is 19.5. The lowest BCUT2D eigenvalue weighted by Crippen LogP contribution is -2.14. The molecule has 0 aliphatic rings. The number of para-hydroxylation sites is 2. The van der Waals surface area contributed by atoms with Crippen molar-refractivity contribution in [3.63, 3.8) is 0 Å². The van der Waals surface area contributed by atoms with E-state index >= 15 is 0 Å². The van der Waals surface area contributed by atoms with E-state index in [0.717, 1.165) is 39.8 Å². The fraction of sp³-hybridized carbons (Fsp3) is 0.0833. The van der Waals surface area contributed by atoms with Crippen LogP contribution in [0.25, 0.3) is 22.2 Å². The molecule has 1 N–H and O–H groups in total. The van der Waals surface area contributed by atoms with Gasteiger partial charge in [0.15, 0.2) is 0 Å². The number of amides is 1. The maximum Gasteiger partial charge on any atom is 0.256 e. The molecule has 4 aromatic rings. The molecule has 0 radical (unpaired) electrons. The van der Waals surface area contributed by atoms with Gasteiger partial charge in [-0.2, -0.15) is 0 Å². The average Bonchev–Trinajstić information content (AvgIpc) is 2.74. The Bertz CT molecular complexity index is 1150. The van der Waals surface area contributed by atoms with Crippen molar-refractivity contribution >= 4 is 34.1 Å². The van der Waals surface area contributed by atoms with Gasteiger partial charge in [-0.1, -0.05) is 67.1 Å². The van der Waals surface area contributed by atoms with E-state index in [1.807, 2.05) is 78.9 Å². The van der Waals surface area contributed by atoms with Crippen LogP contribution in [0.4, 0.5) is 5.69 Å². The number of nitrogens with one attached hydrogen (secondary N) is 1. The van der Waals surface area contributed by atoms with Crippen molar-refractivity contribution in [2.75, 3.05) is 5.32 Å². The highest BCUT2D eigenvalue weighted by Crippen LogP contribution is 2.27. The number of hydrogen-bond donors (Lipinski definition) is 1. The van der Waals surface area contributed by atoms with Gasteiger partial charge in [-0.05, 0) is 42.3 Å². The molecule has 0 fully saturated rings. The molecule has 3 aromatic carbocycles. The molecule has 28 heavy (non-hydrogen) atoms. The zero-order valence-electron chi connectivity index (χ0n) is 15.4. The minimum absolute atomic E-state index is 0.144. The van der Waals surface area contributed by atoms with Crippen molar-refractivity contribution in [1.82, 2.24) is 4.98 Å². The molecule has 0 aliphatic carbocycles. The van der Waals surface area contributed by atoms with Crippen LogP contribution in [0.1, 0.15) is 22.8 Å². The molecule has 1 aromatic heterocycles. The maximum absolute atomic E-state index is 13.2. The number of pyridine rings is 1. The summed E-state index contributed by atoms with van der Waals surface area (Å²) in [6, 6.07) is 24.9. The van der Waals surface area contributed by atoms with Crippen LogP contribution in [-0.4, -0.2) is 10.9 Å². The van der Waals surface area contributed by atoms with Gasteiger partial charge >= 0.3 is 0 Å². The zero-order valence-corrected chi connectivity index (χ0v) is 16.2. The summed E-state index contributed by atoms with van der Waals surface area (Å²) in [6.07, 6.45) is 0.851. The van der Waals surface area contributed by atoms with Gasteiger partial charge in [0.05, 0.1) is 16.8 Å². The Balaban J connectivity index is 1.80. The van der Waals surface area contributed by atoms with Gasteiger partial charge < -0.3 is 5.32 Å². The summed E-state index contributed by atoms with van der Waals surface area (Å²) in [5, 5.41) is 4.56. The third-order valence-corrected chi connectivity index (χ3v) is 5.00. The molecule has 138 valence electrons. The number of anilines is 1. The number of aromatic nitrogens is 1. The van der Waals surface area contributed by atoms with Crippen LogP contribution >= 0.6 is 11.6 Å². The van der Waals surface area contributed by atoms with Crippen LogP contribution in [0.5, 0.6) is 0 Å². The molecule has 4 rings (SSSR count). The highest BCUT2D eigenvalue weighted by atomic mass is 35.5. The molecule has 0 bridgehead atoms. The molecular weight excluding hydrogens is 368 g/mol. The number of hydrogen-bond acceptors (Lipinski definition) is 2. The lowest BCUT2D eigenvalue weighted by Gasteiger charge is -2.13. The van der Waals surface area contributed by atoms with Gasteiger partial charge in [0, 0.05) is 21.7 Å². The molecule has 1 heterocycles. The number of carbonyl (C=O) groups excluding carboxylic acids is 1. The van der Waals surface area contributed by atoms with Crippen LogP contribution < -0.4 is 5.32 Å². The molecule has 0 saturated heterocycles. The first-order chi connectivity index (χ1) is 13.7. The number of aryl methyl sites for hydroxylation is 1. The van der Waals surface area contributed by atoms with Crippen LogP contribution in [0.2, 0.25) is 5.02 Å². The summed E-state index contributed by atoms with van der Waals surface area (Å²) < 4.78 is 0. The summed E-state index contributed by atoms with van der Waals surface area (Å²) in [6.45, 7) is 2.07. The van der Waals surface area contributed by atoms with Crippen LogP contribution in [0.15, 0.2) is 78.9 Å². The summed E-state index contributed by atoms with van der Waals surface area (Å²) in [4.78, 5) is 17.9. The predicted molar refractivity (Wildman–Crippen MR) is 116 cm³/mol. The Hall–Kier alpha value is -3.17. The van der Waals surface area contributed by atoms with E-state index in [0.29, 0.717) is 10.6 Å². The first-order valence-corrected chi connectivity index (χ1v) is 9.58. The second-order valence-electron chi connectivity index (χ2n) is 6.54. The molecule has 1 amide bonds. The first-order valence-electron chi connectivity index (χ1n) is 9.20. The maximum atomic E-state index is 13.2. The highest BCUT2D eigenvalue weighted by molar-refractivity contribution is 6.30. The molecule has 0 unspecified atom stereocenters. The largest absolute Gasteiger partial charge is 0.322 e. The molecule has 3 nitrogen and oxygen atoms in total. The number of halogens is 1. The minimum Gasteiger partial charge on any atom is -0.322 e. The third-order valence-electron chi connectivity index (χ3n) is 4.75. The molecule has 0 atom stereocenters. The number of rotatable bonds is 4. The monoisotopic (exact) mass is 386 g/mol. The fourth-order valence-electron chi connectivity index (χ4n) is 3.27. The van der Waals surface area contributed by atoms with Gasteiger partial charge in [-0.25, -0.2) is 4.98 Å². The van der Waals surface area contributed by atoms with Gasteiger partial charge in [0.2, 0.25) is 0 Å². The van der Waals surface area contributed by atoms with E-state index in [1.165, 1.54) is 0 Å². The Morgan fingerprint density at radius 2 is 1.68 bits per heavy atom. The molecule has 0 saturated carbocycles. The molecule has 0 aliphatic heterocycles. The average molecular weight is 387 g/mol. The van der Waals surface area contributed by atoms with Crippen LogP contribution in [0, 0.1) is 0 Å². The number of benzene rings is 3. The van der Waals surface area contributed by atoms with Crippen LogP contribution in [-0.2, 0) is 6.42 Å². The minimum atomic E-state index is -0.144. The van der Waals surface area contributed by atoms with E-state index in [2.05, 4.69) is 12.2 Å². The van der Waals surface area contributed by atoms with E-state index in [4.69, 9.17) is 16.6 Å². The third kappa shape index (κ3) is 3.62. The lowest BCUT2D eigenvalue weighted by molar-refractivity contribution is 0.102. The Morgan fingerprint density at radius 1 is 0.964 bits per heavy atom. The summed E-state index contributed by atoms with van der Waals surface area (Å²) >= 11 is 6.01. The summed E-state index contributed by atoms with van der Waals surface area (Å²) in [7, 11) is 0. The predicted octanol–water partition coefficient (Wildman–Crippen LogP) is 6.37. The lowest BCUT2D eigenvalue weighted by atomic mass is 10.0. The molecule has 0 spiro atoms. The number of nitrogens with zero attached hydrogens (tertiary/aromatic N) is 1. The van der Waals surface area contributed by atoms with Gasteiger partial charge in [-0.15, -0.1) is 0 Å². The molecule has 4 heteroatoms. The van der Waals surface area contributed by atoms with Crippen molar-refractivity contribution in [3.05, 3.63) is 95.0 Å². The van der Waals surface area contributed by atoms with Crippen molar-refractivity contribution in [3.8, 4) is 11.3 Å². The second kappa shape index (κ2) is 7.83. The summed E-state index contributed by atoms with van der Waals surface area (Å²) in [5.74, 6) is -0.144. The second-order valence-corrected chi connectivity index (χ2v) is 6.98. The number of fused-ring (bicyclic) bond motifs is 1. The van der Waals surface area contributed by atoms with Crippen LogP contribution in [0.3, 0.4) is 0 Å². The smallest absolute Gasteiger partial charge is 0.256 e. The van der Waals surface area contributed by atoms with Gasteiger partial charge in [0.25, 0.3) is 5.91 Å².